The van der Waals surface area contributed by atoms with Crippen LogP contribution in [0, 0.1) is 0 Å². The van der Waals surface area contributed by atoms with Crippen LogP contribution in [0.1, 0.15) is 25.7 Å². The van der Waals surface area contributed by atoms with Gasteiger partial charge in [-0.3, -0.25) is 0 Å². The first-order chi connectivity index (χ1) is 35.8. The summed E-state index contributed by atoms with van der Waals surface area (Å²) >= 11 is 0. The molecule has 0 bridgehead atoms. The fourth-order valence-corrected chi connectivity index (χ4v) is 13.2. The van der Waals surface area contributed by atoms with Crippen LogP contribution in [0.3, 0.4) is 0 Å². The molecule has 1 aliphatic carbocycles. The van der Waals surface area contributed by atoms with Crippen LogP contribution >= 0.6 is 0 Å². The molecule has 6 heteroatoms. The quantitative estimate of drug-likeness (QED) is 0.167. The van der Waals surface area contributed by atoms with Crippen molar-refractivity contribution in [3.8, 4) is 0 Å². The molecule has 10 aromatic carbocycles. The zero-order valence-corrected chi connectivity index (χ0v) is 39.1. The molecule has 0 amide bonds. The zero-order valence-electron chi connectivity index (χ0n) is 39.1. The Hall–Kier alpha value is -9.26. The Morgan fingerprint density at radius 1 is 0.333 bits per heavy atom. The van der Waals surface area contributed by atoms with Crippen LogP contribution in [0.5, 0.6) is 0 Å². The van der Waals surface area contributed by atoms with Gasteiger partial charge in [0.05, 0.1) is 66.6 Å². The van der Waals surface area contributed by atoms with Crippen molar-refractivity contribution in [1.29, 1.82) is 0 Å². The van der Waals surface area contributed by atoms with Crippen LogP contribution in [0.4, 0.5) is 28.4 Å². The molecular weight excluding hydrogens is 881 g/mol. The van der Waals surface area contributed by atoms with E-state index in [0.29, 0.717) is 0 Å². The smallest absolute Gasteiger partial charge is 0.137 e. The van der Waals surface area contributed by atoms with Crippen molar-refractivity contribution >= 4 is 149 Å². The van der Waals surface area contributed by atoms with E-state index >= 15 is 0 Å². The number of allylic oxidation sites excluding steroid dienone is 2. The molecule has 0 fully saturated rings. The molecule has 6 nitrogen and oxygen atoms in total. The number of anilines is 5. The van der Waals surface area contributed by atoms with Gasteiger partial charge in [0.2, 0.25) is 0 Å². The molecule has 0 unspecified atom stereocenters. The van der Waals surface area contributed by atoms with E-state index in [-0.39, 0.29) is 0 Å². The lowest BCUT2D eigenvalue weighted by atomic mass is 9.99. The van der Waals surface area contributed by atoms with Crippen LogP contribution < -0.4 is 9.80 Å². The van der Waals surface area contributed by atoms with Gasteiger partial charge in [0.25, 0.3) is 0 Å². The molecule has 0 spiro atoms. The van der Waals surface area contributed by atoms with E-state index in [1.807, 2.05) is 6.07 Å². The highest BCUT2D eigenvalue weighted by Gasteiger charge is 2.30. The lowest BCUT2D eigenvalue weighted by Crippen LogP contribution is -2.18. The number of para-hydroxylation sites is 5. The molecule has 338 valence electrons. The highest BCUT2D eigenvalue weighted by atomic mass is 16.3. The van der Waals surface area contributed by atoms with Crippen molar-refractivity contribution in [2.75, 3.05) is 9.80 Å². The molecule has 16 aromatic rings. The molecule has 1 aliphatic rings. The van der Waals surface area contributed by atoms with Gasteiger partial charge < -0.3 is 27.4 Å². The summed E-state index contributed by atoms with van der Waals surface area (Å²) in [6.07, 6.45) is 6.94. The van der Waals surface area contributed by atoms with E-state index in [2.05, 4.69) is 219 Å². The Labute approximate surface area is 411 Å². The van der Waals surface area contributed by atoms with Gasteiger partial charge in [-0.1, -0.05) is 121 Å². The summed E-state index contributed by atoms with van der Waals surface area (Å²) < 4.78 is 18.1. The predicted octanol–water partition coefficient (Wildman–Crippen LogP) is 18.9. The number of benzene rings is 10. The van der Waals surface area contributed by atoms with Gasteiger partial charge in [-0.05, 0) is 111 Å². The van der Waals surface area contributed by atoms with E-state index < -0.39 is 0 Å². The van der Waals surface area contributed by atoms with Gasteiger partial charge in [-0.25, -0.2) is 0 Å². The third-order valence-electron chi connectivity index (χ3n) is 16.1. The number of aromatic nitrogens is 2. The minimum Gasteiger partial charge on any atom is -0.456 e. The van der Waals surface area contributed by atoms with Crippen molar-refractivity contribution in [2.45, 2.75) is 25.7 Å². The largest absolute Gasteiger partial charge is 0.456 e. The van der Waals surface area contributed by atoms with Gasteiger partial charge in [0, 0.05) is 65.2 Å². The molecular formula is C66H42N4O2. The maximum atomic E-state index is 6.53. The van der Waals surface area contributed by atoms with Crippen molar-refractivity contribution in [2.24, 2.45) is 0 Å². The summed E-state index contributed by atoms with van der Waals surface area (Å²) in [5.74, 6) is 0. The summed E-state index contributed by atoms with van der Waals surface area (Å²) in [7, 11) is 0. The minimum absolute atomic E-state index is 0.873. The van der Waals surface area contributed by atoms with Crippen molar-refractivity contribution in [1.82, 2.24) is 8.80 Å². The molecule has 6 heterocycles. The average molecular weight is 923 g/mol. The second kappa shape index (κ2) is 14.2. The van der Waals surface area contributed by atoms with E-state index in [1.54, 1.807) is 0 Å². The van der Waals surface area contributed by atoms with Crippen molar-refractivity contribution < 1.29 is 8.83 Å². The number of rotatable bonds is 6. The van der Waals surface area contributed by atoms with E-state index in [1.165, 1.54) is 94.0 Å². The normalized spacial score (nSPS) is 13.7. The first kappa shape index (κ1) is 38.6. The third kappa shape index (κ3) is 4.98. The van der Waals surface area contributed by atoms with E-state index in [4.69, 9.17) is 8.83 Å². The highest BCUT2D eigenvalue weighted by Crippen LogP contribution is 2.53. The van der Waals surface area contributed by atoms with Crippen LogP contribution in [-0.4, -0.2) is 8.80 Å². The maximum Gasteiger partial charge on any atom is 0.137 e. The number of nitrogens with zero attached hydrogens (tertiary/aromatic N) is 4. The first-order valence-corrected chi connectivity index (χ1v) is 25.2. The molecule has 0 N–H and O–H groups in total. The lowest BCUT2D eigenvalue weighted by Gasteiger charge is -2.31. The number of fused-ring (bicyclic) bond motifs is 18. The second-order valence-corrected chi connectivity index (χ2v) is 19.7. The summed E-state index contributed by atoms with van der Waals surface area (Å²) in [5.41, 5.74) is 17.9. The molecule has 72 heavy (non-hydrogen) atoms. The third-order valence-corrected chi connectivity index (χ3v) is 16.1. The summed E-state index contributed by atoms with van der Waals surface area (Å²) in [5, 5.41) is 14.5. The summed E-state index contributed by atoms with van der Waals surface area (Å²) in [6, 6.07) is 73.2. The Bertz CT molecular complexity index is 4950. The summed E-state index contributed by atoms with van der Waals surface area (Å²) in [4.78, 5) is 5.02. The number of hydrogen-bond donors (Lipinski definition) is 0. The van der Waals surface area contributed by atoms with E-state index in [0.717, 1.165) is 85.9 Å². The molecule has 0 radical (unpaired) electrons. The topological polar surface area (TPSA) is 41.6 Å². The average Bonchev–Trinajstić information content (AvgIpc) is 4.29. The van der Waals surface area contributed by atoms with Crippen LogP contribution in [0.15, 0.2) is 221 Å². The Morgan fingerprint density at radius 3 is 1.36 bits per heavy atom. The minimum atomic E-state index is 0.873. The van der Waals surface area contributed by atoms with Crippen molar-refractivity contribution in [3.63, 3.8) is 0 Å². The van der Waals surface area contributed by atoms with Gasteiger partial charge in [0.1, 0.15) is 22.3 Å². The SMILES string of the molecule is C1=C(N(c2cccc3oc4ccccc4c23)c2ccc3c4cc5c(cc4n4c6ccccc6c2c34)c2ccc(N(c3ccccc3)c3cccc4oc6ccccc6c34)c3c4ccccc4n5c23)CCCC1. The molecule has 0 aliphatic heterocycles. The molecule has 0 saturated carbocycles. The number of hydrogen-bond acceptors (Lipinski definition) is 4. The van der Waals surface area contributed by atoms with Gasteiger partial charge in [-0.15, -0.1) is 0 Å². The van der Waals surface area contributed by atoms with Gasteiger partial charge >= 0.3 is 0 Å². The Morgan fingerprint density at radius 2 is 0.806 bits per heavy atom. The zero-order chi connectivity index (χ0) is 46.8. The second-order valence-electron chi connectivity index (χ2n) is 19.7. The fraction of sp³-hybridized carbons (Fsp3) is 0.0606. The van der Waals surface area contributed by atoms with Crippen LogP contribution in [0.2, 0.25) is 0 Å². The molecule has 0 atom stereocenters. The maximum absolute atomic E-state index is 6.53. The van der Waals surface area contributed by atoms with Gasteiger partial charge in [-0.2, -0.15) is 0 Å². The van der Waals surface area contributed by atoms with Gasteiger partial charge in [0.15, 0.2) is 0 Å². The predicted molar refractivity (Wildman–Crippen MR) is 300 cm³/mol. The number of furan rings is 2. The molecule has 6 aromatic heterocycles. The van der Waals surface area contributed by atoms with Crippen molar-refractivity contribution in [3.05, 3.63) is 212 Å². The van der Waals surface area contributed by atoms with E-state index in [9.17, 15) is 0 Å². The molecule has 17 rings (SSSR count). The van der Waals surface area contributed by atoms with Crippen LogP contribution in [-0.2, 0) is 0 Å². The summed E-state index contributed by atoms with van der Waals surface area (Å²) in [6.45, 7) is 0. The highest BCUT2D eigenvalue weighted by molar-refractivity contribution is 6.32. The Kier molecular flexibility index (Phi) is 7.60. The fourth-order valence-electron chi connectivity index (χ4n) is 13.2. The molecule has 0 saturated heterocycles. The lowest BCUT2D eigenvalue weighted by molar-refractivity contribution is 0.668. The standard InChI is InChI=1S/C66H42N4O2/c1-3-17-39(18-4-1)67(51-27-15-31-59-61(51)45-23-9-13-29-57(45)71-59)53-35-33-41-47-37-56-48(38-55(47)69-49-25-11-7-21-43(49)63(53)65(41)69)42-34-36-54(64-44-22-8-12-26-50(44)70(56)66(42)64)68(40-19-5-2-6-20-40)52-28-16-32-60-62(52)46-24-10-14-30-58(46)72-60/h1,3-4,7-19,21-38H,2,5-6,20H2. The Balaban J connectivity index is 0.953. The first-order valence-electron chi connectivity index (χ1n) is 25.2. The monoisotopic (exact) mass is 922 g/mol. The van der Waals surface area contributed by atoms with Crippen LogP contribution in [0.25, 0.3) is 120 Å².